The van der Waals surface area contributed by atoms with E-state index in [-0.39, 0.29) is 6.10 Å². The zero-order chi connectivity index (χ0) is 14.4. The number of carbonyl (C=O) groups excluding carboxylic acids is 1. The van der Waals surface area contributed by atoms with Crippen LogP contribution < -0.4 is 0 Å². The lowest BCUT2D eigenvalue weighted by Gasteiger charge is -2.29. The van der Waals surface area contributed by atoms with Crippen molar-refractivity contribution in [3.63, 3.8) is 0 Å². The van der Waals surface area contributed by atoms with Gasteiger partial charge in [-0.15, -0.1) is 0 Å². The van der Waals surface area contributed by atoms with Gasteiger partial charge >= 0.3 is 0 Å². The lowest BCUT2D eigenvalue weighted by atomic mass is 9.75. The molecule has 1 aliphatic carbocycles. The van der Waals surface area contributed by atoms with Crippen LogP contribution in [0.4, 0.5) is 0 Å². The first kappa shape index (κ1) is 14.9. The van der Waals surface area contributed by atoms with E-state index in [0.29, 0.717) is 11.8 Å². The molecule has 20 heavy (non-hydrogen) atoms. The standard InChI is InChI=1S/C19H24O/c1-15(2)18-12-11-16(3)14-19(18)20-13-7-10-17-8-5-4-6-9-17/h4-6,8-9,15-16,18-19H,11-12,14H2,1-3H3/t16-,18+,19-/m1/s1. The van der Waals surface area contributed by atoms with Crippen LogP contribution in [0.15, 0.2) is 30.3 Å². The second-order valence-electron chi connectivity index (χ2n) is 6.20. The van der Waals surface area contributed by atoms with Crippen LogP contribution in [0.1, 0.15) is 45.6 Å². The van der Waals surface area contributed by atoms with E-state index in [4.69, 9.17) is 4.42 Å². The van der Waals surface area contributed by atoms with Crippen molar-refractivity contribution in [2.75, 3.05) is 0 Å². The highest BCUT2D eigenvalue weighted by Crippen LogP contribution is 2.34. The zero-order valence-electron chi connectivity index (χ0n) is 12.7. The second-order valence-corrected chi connectivity index (χ2v) is 6.20. The van der Waals surface area contributed by atoms with Crippen LogP contribution in [-0.4, -0.2) is 12.4 Å². The average molecular weight is 268 g/mol. The van der Waals surface area contributed by atoms with Crippen LogP contribution in [0, 0.1) is 29.6 Å². The van der Waals surface area contributed by atoms with Crippen LogP contribution in [0.25, 0.3) is 0 Å². The Kier molecular flexibility index (Phi) is 5.41. The van der Waals surface area contributed by atoms with Crippen LogP contribution in [0.2, 0.25) is 0 Å². The molecule has 0 bridgehead atoms. The highest BCUT2D eigenvalue weighted by atomic mass is 16.4. The maximum Gasteiger partial charge on any atom is 0.273 e. The average Bonchev–Trinajstić information content (AvgIpc) is 2.44. The van der Waals surface area contributed by atoms with E-state index in [2.05, 4.69) is 38.9 Å². The predicted molar refractivity (Wildman–Crippen MR) is 84.1 cm³/mol. The van der Waals surface area contributed by atoms with Gasteiger partial charge in [-0.2, -0.15) is 5.92 Å². The summed E-state index contributed by atoms with van der Waals surface area (Å²) in [5.41, 5.74) is 1.00. The molecule has 1 nitrogen and oxygen atoms in total. The molecule has 0 spiro atoms. The topological polar surface area (TPSA) is 11.3 Å². The third kappa shape index (κ3) is 4.23. The summed E-state index contributed by atoms with van der Waals surface area (Å²) in [5, 5.41) is 0. The van der Waals surface area contributed by atoms with Gasteiger partial charge in [0.25, 0.3) is 12.4 Å². The summed E-state index contributed by atoms with van der Waals surface area (Å²) in [6.45, 7) is 6.88. The van der Waals surface area contributed by atoms with Crippen LogP contribution >= 0.6 is 0 Å². The molecule has 0 saturated heterocycles. The Morgan fingerprint density at radius 3 is 2.65 bits per heavy atom. The molecular formula is C19H24O. The molecule has 1 fully saturated rings. The number of hydrogen-bond donors (Lipinski definition) is 0. The minimum atomic E-state index is 0.281. The maximum atomic E-state index is 5.83. The monoisotopic (exact) mass is 268 g/mol. The molecule has 0 aliphatic heterocycles. The Morgan fingerprint density at radius 2 is 1.95 bits per heavy atom. The van der Waals surface area contributed by atoms with Crippen molar-refractivity contribution in [2.24, 2.45) is 17.8 Å². The van der Waals surface area contributed by atoms with Gasteiger partial charge in [0, 0.05) is 12.3 Å². The molecular weight excluding hydrogens is 244 g/mol. The van der Waals surface area contributed by atoms with E-state index >= 15 is 0 Å². The van der Waals surface area contributed by atoms with Crippen molar-refractivity contribution < 1.29 is 4.42 Å². The quantitative estimate of drug-likeness (QED) is 0.434. The molecule has 1 aliphatic rings. The van der Waals surface area contributed by atoms with Crippen molar-refractivity contribution >= 4 is 6.29 Å². The van der Waals surface area contributed by atoms with Crippen LogP contribution in [0.3, 0.4) is 0 Å². The minimum absolute atomic E-state index is 0.281. The van der Waals surface area contributed by atoms with Crippen LogP contribution in [0.5, 0.6) is 0 Å². The van der Waals surface area contributed by atoms with Gasteiger partial charge in [-0.3, -0.25) is 5.92 Å². The van der Waals surface area contributed by atoms with Gasteiger partial charge in [-0.1, -0.05) is 56.7 Å². The van der Waals surface area contributed by atoms with E-state index in [9.17, 15) is 0 Å². The molecule has 0 radical (unpaired) electrons. The first-order chi connectivity index (χ1) is 9.66. The van der Waals surface area contributed by atoms with Gasteiger partial charge in [0.15, 0.2) is 0 Å². The molecule has 0 unspecified atom stereocenters. The predicted octanol–water partition coefficient (Wildman–Crippen LogP) is 4.14. The molecule has 106 valence electrons. The zero-order valence-corrected chi connectivity index (χ0v) is 12.7. The van der Waals surface area contributed by atoms with E-state index < -0.39 is 0 Å². The van der Waals surface area contributed by atoms with E-state index in [1.54, 1.807) is 0 Å². The van der Waals surface area contributed by atoms with E-state index in [0.717, 1.165) is 17.9 Å². The third-order valence-electron chi connectivity index (χ3n) is 4.20. The lowest BCUT2D eigenvalue weighted by molar-refractivity contribution is -0.0711. The highest BCUT2D eigenvalue weighted by molar-refractivity contribution is 5.75. The summed E-state index contributed by atoms with van der Waals surface area (Å²) >= 11 is 0. The molecule has 1 aromatic rings. The summed E-state index contributed by atoms with van der Waals surface area (Å²) in [5.74, 6) is 8.00. The fourth-order valence-corrected chi connectivity index (χ4v) is 2.97. The lowest BCUT2D eigenvalue weighted by Crippen LogP contribution is -2.32. The number of benzene rings is 1. The molecule has 3 atom stereocenters. The molecule has 1 heteroatoms. The SMILES string of the molecule is CC(C)[C@@H]1CC[C@@H](C)C[C@H]1[O+]=[C-]C#Cc1ccccc1. The minimum Gasteiger partial charge on any atom is -0.340 e. The Bertz CT molecular complexity index is 489. The fourth-order valence-electron chi connectivity index (χ4n) is 2.97. The van der Waals surface area contributed by atoms with E-state index in [1.807, 2.05) is 30.3 Å². The first-order valence-corrected chi connectivity index (χ1v) is 7.63. The Morgan fingerprint density at radius 1 is 1.20 bits per heavy atom. The number of hydrogen-bond acceptors (Lipinski definition) is 0. The van der Waals surface area contributed by atoms with Crippen molar-refractivity contribution in [1.29, 1.82) is 0 Å². The van der Waals surface area contributed by atoms with Gasteiger partial charge in [0.2, 0.25) is 0 Å². The van der Waals surface area contributed by atoms with Crippen LogP contribution in [-0.2, 0) is 4.42 Å². The third-order valence-corrected chi connectivity index (χ3v) is 4.20. The maximum absolute atomic E-state index is 5.83. The van der Waals surface area contributed by atoms with Crippen molar-refractivity contribution in [3.05, 3.63) is 35.9 Å². The first-order valence-electron chi connectivity index (χ1n) is 7.63. The summed E-state index contributed by atoms with van der Waals surface area (Å²) in [7, 11) is 0. The fraction of sp³-hybridized carbons (Fsp3) is 0.526. The smallest absolute Gasteiger partial charge is 0.273 e. The number of rotatable bonds is 2. The molecule has 1 saturated carbocycles. The Labute approximate surface area is 123 Å². The van der Waals surface area contributed by atoms with Crippen molar-refractivity contribution in [1.82, 2.24) is 0 Å². The second kappa shape index (κ2) is 7.29. The summed E-state index contributed by atoms with van der Waals surface area (Å²) in [4.78, 5) is 0. The molecule has 0 heterocycles. The van der Waals surface area contributed by atoms with Crippen molar-refractivity contribution in [3.8, 4) is 11.8 Å². The van der Waals surface area contributed by atoms with Gasteiger partial charge in [-0.25, -0.2) is 0 Å². The van der Waals surface area contributed by atoms with E-state index in [1.165, 1.54) is 12.8 Å². The van der Waals surface area contributed by atoms with Crippen molar-refractivity contribution in [2.45, 2.75) is 46.1 Å². The normalized spacial score (nSPS) is 26.5. The molecule has 2 rings (SSSR count). The summed E-state index contributed by atoms with van der Waals surface area (Å²) in [6, 6.07) is 9.96. The molecule has 0 N–H and O–H groups in total. The van der Waals surface area contributed by atoms with Gasteiger partial charge in [0.05, 0.1) is 0 Å². The Balaban J connectivity index is 2.00. The van der Waals surface area contributed by atoms with Gasteiger partial charge < -0.3 is 4.42 Å². The van der Waals surface area contributed by atoms with Gasteiger partial charge in [-0.05, 0) is 24.7 Å². The largest absolute Gasteiger partial charge is 0.340 e. The highest BCUT2D eigenvalue weighted by Gasteiger charge is 2.36. The molecule has 0 amide bonds. The molecule has 1 aromatic carbocycles. The summed E-state index contributed by atoms with van der Waals surface area (Å²) in [6.07, 6.45) is 6.84. The Hall–Kier alpha value is -1.55. The molecule has 0 aromatic heterocycles. The summed E-state index contributed by atoms with van der Waals surface area (Å²) < 4.78 is 5.83. The van der Waals surface area contributed by atoms with Gasteiger partial charge in [0.1, 0.15) is 0 Å².